The van der Waals surface area contributed by atoms with Crippen molar-refractivity contribution in [3.8, 4) is 0 Å². The Balaban J connectivity index is 2.65. The lowest BCUT2D eigenvalue weighted by Gasteiger charge is -2.17. The molecule has 3 heteroatoms. The Bertz CT molecular complexity index is 332. The minimum Gasteiger partial charge on any atom is -0.349 e. The highest BCUT2D eigenvalue weighted by Gasteiger charge is 2.11. The van der Waals surface area contributed by atoms with Gasteiger partial charge < -0.3 is 5.32 Å². The number of rotatable bonds is 3. The summed E-state index contributed by atoms with van der Waals surface area (Å²) in [6.45, 7) is 6.22. The molecule has 0 aliphatic carbocycles. The number of carbonyl (C=O) groups excluding carboxylic acids is 1. The summed E-state index contributed by atoms with van der Waals surface area (Å²) in [5.74, 6) is 0.463. The van der Waals surface area contributed by atoms with E-state index < -0.39 is 0 Å². The van der Waals surface area contributed by atoms with Gasteiger partial charge in [0.2, 0.25) is 0 Å². The first kappa shape index (κ1) is 12.5. The average Bonchev–Trinajstić information content (AvgIpc) is 2.18. The smallest absolute Gasteiger partial charge is 0.251 e. The molecule has 0 fully saturated rings. The molecule has 1 atom stereocenters. The first-order chi connectivity index (χ1) is 7.00. The zero-order valence-electron chi connectivity index (χ0n) is 9.25. The van der Waals surface area contributed by atoms with Crippen molar-refractivity contribution in [3.63, 3.8) is 0 Å². The highest BCUT2D eigenvalue weighted by atomic mass is 127. The molecule has 0 spiro atoms. The van der Waals surface area contributed by atoms with Crippen LogP contribution >= 0.6 is 22.6 Å². The van der Waals surface area contributed by atoms with E-state index in [-0.39, 0.29) is 11.9 Å². The summed E-state index contributed by atoms with van der Waals surface area (Å²) in [5, 5.41) is 2.97. The molecule has 0 radical (unpaired) electrons. The highest BCUT2D eigenvalue weighted by Crippen LogP contribution is 2.08. The number of benzene rings is 1. The third-order valence-corrected chi connectivity index (χ3v) is 3.18. The van der Waals surface area contributed by atoms with Crippen molar-refractivity contribution in [2.45, 2.75) is 26.8 Å². The van der Waals surface area contributed by atoms with Gasteiger partial charge in [-0.2, -0.15) is 0 Å². The van der Waals surface area contributed by atoms with Gasteiger partial charge in [0.15, 0.2) is 0 Å². The van der Waals surface area contributed by atoms with Crippen molar-refractivity contribution in [3.05, 3.63) is 33.4 Å². The van der Waals surface area contributed by atoms with E-state index in [0.717, 1.165) is 9.13 Å². The third kappa shape index (κ3) is 3.81. The Kier molecular flexibility index (Phi) is 4.57. The van der Waals surface area contributed by atoms with Crippen LogP contribution in [-0.4, -0.2) is 11.9 Å². The summed E-state index contributed by atoms with van der Waals surface area (Å²) in [6.07, 6.45) is 0. The topological polar surface area (TPSA) is 29.1 Å². The van der Waals surface area contributed by atoms with Gasteiger partial charge in [-0.3, -0.25) is 4.79 Å². The molecule has 82 valence electrons. The minimum atomic E-state index is 0.00704. The summed E-state index contributed by atoms with van der Waals surface area (Å²) in [7, 11) is 0. The van der Waals surface area contributed by atoms with Crippen LogP contribution in [0.2, 0.25) is 0 Å². The van der Waals surface area contributed by atoms with E-state index in [1.165, 1.54) is 0 Å². The van der Waals surface area contributed by atoms with Gasteiger partial charge in [0.25, 0.3) is 5.91 Å². The maximum atomic E-state index is 11.8. The third-order valence-electron chi connectivity index (χ3n) is 2.47. The minimum absolute atomic E-state index is 0.00704. The molecule has 1 amide bonds. The van der Waals surface area contributed by atoms with Crippen LogP contribution in [0, 0.1) is 9.49 Å². The van der Waals surface area contributed by atoms with Crippen LogP contribution in [0.4, 0.5) is 0 Å². The average molecular weight is 317 g/mol. The molecular formula is C12H16INO. The Morgan fingerprint density at radius 2 is 1.73 bits per heavy atom. The van der Waals surface area contributed by atoms with Gasteiger partial charge >= 0.3 is 0 Å². The second-order valence-corrected chi connectivity index (χ2v) is 5.26. The van der Waals surface area contributed by atoms with E-state index >= 15 is 0 Å². The molecule has 15 heavy (non-hydrogen) atoms. The van der Waals surface area contributed by atoms with Crippen molar-refractivity contribution >= 4 is 28.5 Å². The highest BCUT2D eigenvalue weighted by molar-refractivity contribution is 14.1. The standard InChI is InChI=1S/C12H16INO/c1-8(2)9(3)14-12(15)10-4-6-11(13)7-5-10/h4-9H,1-3H3,(H,14,15)/t9-/m0/s1. The maximum absolute atomic E-state index is 11.8. The number of carbonyl (C=O) groups is 1. The van der Waals surface area contributed by atoms with Gasteiger partial charge in [0.1, 0.15) is 0 Å². The van der Waals surface area contributed by atoms with E-state index in [2.05, 4.69) is 41.8 Å². The summed E-state index contributed by atoms with van der Waals surface area (Å²) in [5.41, 5.74) is 0.725. The molecule has 0 aliphatic heterocycles. The number of halogens is 1. The normalized spacial score (nSPS) is 12.6. The van der Waals surface area contributed by atoms with Gasteiger partial charge in [-0.25, -0.2) is 0 Å². The van der Waals surface area contributed by atoms with E-state index in [1.54, 1.807) is 0 Å². The van der Waals surface area contributed by atoms with Crippen molar-refractivity contribution in [1.29, 1.82) is 0 Å². The van der Waals surface area contributed by atoms with Crippen LogP contribution in [0.5, 0.6) is 0 Å². The molecule has 1 aromatic rings. The Morgan fingerprint density at radius 3 is 2.20 bits per heavy atom. The number of amides is 1. The van der Waals surface area contributed by atoms with E-state index in [9.17, 15) is 4.79 Å². The molecule has 0 saturated carbocycles. The molecule has 0 aromatic heterocycles. The molecule has 2 nitrogen and oxygen atoms in total. The molecule has 0 aliphatic rings. The fourth-order valence-corrected chi connectivity index (χ4v) is 1.42. The molecule has 0 unspecified atom stereocenters. The first-order valence-electron chi connectivity index (χ1n) is 5.07. The molecule has 0 saturated heterocycles. The van der Waals surface area contributed by atoms with E-state index in [4.69, 9.17) is 0 Å². The Morgan fingerprint density at radius 1 is 1.20 bits per heavy atom. The summed E-state index contributed by atoms with van der Waals surface area (Å²) in [6, 6.07) is 7.79. The van der Waals surface area contributed by atoms with Crippen molar-refractivity contribution in [1.82, 2.24) is 5.32 Å². The summed E-state index contributed by atoms with van der Waals surface area (Å²) >= 11 is 2.22. The zero-order chi connectivity index (χ0) is 11.4. The predicted octanol–water partition coefficient (Wildman–Crippen LogP) is 3.07. The molecular weight excluding hydrogens is 301 g/mol. The van der Waals surface area contributed by atoms with Crippen LogP contribution in [0.1, 0.15) is 31.1 Å². The largest absolute Gasteiger partial charge is 0.349 e. The fraction of sp³-hybridized carbons (Fsp3) is 0.417. The van der Waals surface area contributed by atoms with E-state index in [0.29, 0.717) is 5.92 Å². The van der Waals surface area contributed by atoms with Gasteiger partial charge in [-0.15, -0.1) is 0 Å². The Labute approximate surface area is 105 Å². The number of hydrogen-bond acceptors (Lipinski definition) is 1. The fourth-order valence-electron chi connectivity index (χ4n) is 1.06. The van der Waals surface area contributed by atoms with Gasteiger partial charge in [-0.05, 0) is 59.7 Å². The first-order valence-corrected chi connectivity index (χ1v) is 6.15. The SMILES string of the molecule is CC(C)[C@H](C)NC(=O)c1ccc(I)cc1. The van der Waals surface area contributed by atoms with Crippen molar-refractivity contribution in [2.24, 2.45) is 5.92 Å². The maximum Gasteiger partial charge on any atom is 0.251 e. The molecule has 0 heterocycles. The second kappa shape index (κ2) is 5.49. The second-order valence-electron chi connectivity index (χ2n) is 4.01. The number of hydrogen-bond donors (Lipinski definition) is 1. The zero-order valence-corrected chi connectivity index (χ0v) is 11.4. The lowest BCUT2D eigenvalue weighted by atomic mass is 10.1. The Hall–Kier alpha value is -0.580. The van der Waals surface area contributed by atoms with Crippen molar-refractivity contribution in [2.75, 3.05) is 0 Å². The van der Waals surface area contributed by atoms with Crippen LogP contribution in [-0.2, 0) is 0 Å². The molecule has 1 N–H and O–H groups in total. The molecule has 0 bridgehead atoms. The van der Waals surface area contributed by atoms with Crippen LogP contribution < -0.4 is 5.32 Å². The van der Waals surface area contributed by atoms with Gasteiger partial charge in [0.05, 0.1) is 0 Å². The summed E-state index contributed by atoms with van der Waals surface area (Å²) < 4.78 is 1.14. The monoisotopic (exact) mass is 317 g/mol. The van der Waals surface area contributed by atoms with E-state index in [1.807, 2.05) is 31.2 Å². The van der Waals surface area contributed by atoms with Crippen LogP contribution in [0.3, 0.4) is 0 Å². The molecule has 1 aromatic carbocycles. The predicted molar refractivity (Wildman–Crippen MR) is 70.9 cm³/mol. The van der Waals surface area contributed by atoms with Gasteiger partial charge in [0, 0.05) is 15.2 Å². The van der Waals surface area contributed by atoms with Crippen molar-refractivity contribution < 1.29 is 4.79 Å². The quantitative estimate of drug-likeness (QED) is 0.853. The lowest BCUT2D eigenvalue weighted by molar-refractivity contribution is 0.0930. The van der Waals surface area contributed by atoms with Crippen LogP contribution in [0.25, 0.3) is 0 Å². The number of nitrogens with one attached hydrogen (secondary N) is 1. The summed E-state index contributed by atoms with van der Waals surface area (Å²) in [4.78, 5) is 11.8. The molecule has 1 rings (SSSR count). The lowest BCUT2D eigenvalue weighted by Crippen LogP contribution is -2.36. The van der Waals surface area contributed by atoms with Crippen LogP contribution in [0.15, 0.2) is 24.3 Å². The van der Waals surface area contributed by atoms with Gasteiger partial charge in [-0.1, -0.05) is 13.8 Å².